The summed E-state index contributed by atoms with van der Waals surface area (Å²) in [4.78, 5) is 31.5. The lowest BCUT2D eigenvalue weighted by atomic mass is 10.1. The molecule has 0 aliphatic carbocycles. The molecule has 0 saturated heterocycles. The fourth-order valence-corrected chi connectivity index (χ4v) is 5.09. The Morgan fingerprint density at radius 3 is 2.49 bits per heavy atom. The number of benzene rings is 2. The number of fused-ring (bicyclic) bond motifs is 1. The predicted octanol–water partition coefficient (Wildman–Crippen LogP) is 4.13. The molecule has 2 aromatic carbocycles. The highest BCUT2D eigenvalue weighted by Gasteiger charge is 2.20. The molecule has 8 heteroatoms. The molecule has 0 spiro atoms. The van der Waals surface area contributed by atoms with Crippen molar-refractivity contribution >= 4 is 22.2 Å². The number of aryl methyl sites for hydroxylation is 2. The first-order chi connectivity index (χ1) is 17.0. The molecule has 0 saturated carbocycles. The van der Waals surface area contributed by atoms with E-state index in [0.717, 1.165) is 17.8 Å². The van der Waals surface area contributed by atoms with Gasteiger partial charge in [0.15, 0.2) is 4.96 Å². The fourth-order valence-electron chi connectivity index (χ4n) is 4.17. The lowest BCUT2D eigenvalue weighted by Gasteiger charge is -2.07. The van der Waals surface area contributed by atoms with Gasteiger partial charge in [0.25, 0.3) is 5.56 Å². The Morgan fingerprint density at radius 1 is 1.03 bits per heavy atom. The largest absolute Gasteiger partial charge is 0.355 e. The quantitative estimate of drug-likeness (QED) is 0.378. The molecular weight excluding hydrogens is 458 g/mol. The van der Waals surface area contributed by atoms with E-state index in [1.54, 1.807) is 4.40 Å². The van der Waals surface area contributed by atoms with E-state index in [2.05, 4.69) is 10.3 Å². The van der Waals surface area contributed by atoms with Crippen molar-refractivity contribution < 1.29 is 4.79 Å². The number of para-hydroxylation sites is 1. The SMILES string of the molecule is Cc1nc2scc(CC(=O)NCCc3ccccc3)n2c(=O)c1-c1cc(C)n(-c2ccccc2)n1. The van der Waals surface area contributed by atoms with Gasteiger partial charge in [-0.05, 0) is 44.0 Å². The van der Waals surface area contributed by atoms with Crippen molar-refractivity contribution in [1.82, 2.24) is 24.5 Å². The average Bonchev–Trinajstić information content (AvgIpc) is 3.43. The van der Waals surface area contributed by atoms with Crippen molar-refractivity contribution in [3.63, 3.8) is 0 Å². The molecule has 0 aliphatic heterocycles. The van der Waals surface area contributed by atoms with E-state index >= 15 is 0 Å². The van der Waals surface area contributed by atoms with E-state index in [9.17, 15) is 9.59 Å². The predicted molar refractivity (Wildman–Crippen MR) is 138 cm³/mol. The van der Waals surface area contributed by atoms with Crippen LogP contribution >= 0.6 is 11.3 Å². The van der Waals surface area contributed by atoms with Crippen LogP contribution < -0.4 is 10.9 Å². The standard InChI is InChI=1S/C27H25N5O2S/c1-18-15-23(30-32(18)21-11-7-4-8-12-21)25-19(2)29-27-31(26(25)34)22(17-35-27)16-24(33)28-14-13-20-9-5-3-6-10-20/h3-12,15,17H,13-14,16H2,1-2H3,(H,28,33). The summed E-state index contributed by atoms with van der Waals surface area (Å²) in [5, 5.41) is 9.50. The first-order valence-electron chi connectivity index (χ1n) is 11.4. The van der Waals surface area contributed by atoms with Crippen LogP contribution in [0, 0.1) is 13.8 Å². The van der Waals surface area contributed by atoms with Crippen molar-refractivity contribution in [3.8, 4) is 16.9 Å². The zero-order chi connectivity index (χ0) is 24.4. The highest BCUT2D eigenvalue weighted by Crippen LogP contribution is 2.23. The van der Waals surface area contributed by atoms with E-state index in [4.69, 9.17) is 5.10 Å². The second kappa shape index (κ2) is 9.68. The summed E-state index contributed by atoms with van der Waals surface area (Å²) in [5.41, 5.74) is 5.06. The number of nitrogens with zero attached hydrogens (tertiary/aromatic N) is 4. The Hall–Kier alpha value is -4.04. The molecular formula is C27H25N5O2S. The Bertz CT molecular complexity index is 1550. The molecule has 0 radical (unpaired) electrons. The molecule has 1 amide bonds. The summed E-state index contributed by atoms with van der Waals surface area (Å²) in [6.45, 7) is 4.32. The molecule has 0 unspecified atom stereocenters. The number of thiazole rings is 1. The number of hydrogen-bond acceptors (Lipinski definition) is 5. The topological polar surface area (TPSA) is 81.3 Å². The lowest BCUT2D eigenvalue weighted by Crippen LogP contribution is -2.29. The van der Waals surface area contributed by atoms with E-state index in [-0.39, 0.29) is 17.9 Å². The molecule has 0 bridgehead atoms. The summed E-state index contributed by atoms with van der Waals surface area (Å²) >= 11 is 1.36. The van der Waals surface area contributed by atoms with Crippen molar-refractivity contribution in [2.24, 2.45) is 0 Å². The van der Waals surface area contributed by atoms with Crippen molar-refractivity contribution in [2.45, 2.75) is 26.7 Å². The minimum atomic E-state index is -0.210. The minimum absolute atomic E-state index is 0.108. The van der Waals surface area contributed by atoms with Crippen LogP contribution in [0.3, 0.4) is 0 Å². The van der Waals surface area contributed by atoms with Gasteiger partial charge in [-0.2, -0.15) is 5.10 Å². The molecule has 5 aromatic rings. The van der Waals surface area contributed by atoms with E-state index in [0.29, 0.717) is 34.2 Å². The molecule has 176 valence electrons. The van der Waals surface area contributed by atoms with Crippen LogP contribution in [-0.4, -0.2) is 31.6 Å². The van der Waals surface area contributed by atoms with Crippen LogP contribution in [0.25, 0.3) is 21.9 Å². The Labute approximate surface area is 206 Å². The van der Waals surface area contributed by atoms with Gasteiger partial charge in [-0.1, -0.05) is 48.5 Å². The molecule has 0 aliphatic rings. The van der Waals surface area contributed by atoms with Gasteiger partial charge in [-0.25, -0.2) is 9.67 Å². The van der Waals surface area contributed by atoms with E-state index < -0.39 is 0 Å². The zero-order valence-corrected chi connectivity index (χ0v) is 20.4. The second-order valence-electron chi connectivity index (χ2n) is 8.40. The van der Waals surface area contributed by atoms with Gasteiger partial charge >= 0.3 is 0 Å². The maximum absolute atomic E-state index is 13.6. The Balaban J connectivity index is 1.42. The molecule has 3 heterocycles. The van der Waals surface area contributed by atoms with E-state index in [1.165, 1.54) is 16.9 Å². The molecule has 7 nitrogen and oxygen atoms in total. The third-order valence-electron chi connectivity index (χ3n) is 5.89. The number of amides is 1. The number of hydrogen-bond donors (Lipinski definition) is 1. The monoisotopic (exact) mass is 483 g/mol. The van der Waals surface area contributed by atoms with Gasteiger partial charge in [0, 0.05) is 23.3 Å². The lowest BCUT2D eigenvalue weighted by molar-refractivity contribution is -0.120. The summed E-state index contributed by atoms with van der Waals surface area (Å²) in [5.74, 6) is -0.126. The molecule has 35 heavy (non-hydrogen) atoms. The maximum atomic E-state index is 13.6. The number of aromatic nitrogens is 4. The summed E-state index contributed by atoms with van der Waals surface area (Å²) in [6, 6.07) is 21.7. The van der Waals surface area contributed by atoms with Gasteiger partial charge in [-0.15, -0.1) is 11.3 Å². The van der Waals surface area contributed by atoms with Gasteiger partial charge < -0.3 is 5.32 Å². The highest BCUT2D eigenvalue weighted by molar-refractivity contribution is 7.15. The number of carbonyl (C=O) groups excluding carboxylic acids is 1. The Morgan fingerprint density at radius 2 is 1.74 bits per heavy atom. The summed E-state index contributed by atoms with van der Waals surface area (Å²) in [7, 11) is 0. The Kier molecular flexibility index (Phi) is 6.29. The molecule has 0 fully saturated rings. The zero-order valence-electron chi connectivity index (χ0n) is 19.6. The fraction of sp³-hybridized carbons (Fsp3) is 0.185. The number of carbonyl (C=O) groups is 1. The van der Waals surface area contributed by atoms with Crippen molar-refractivity contribution in [1.29, 1.82) is 0 Å². The van der Waals surface area contributed by atoms with Crippen molar-refractivity contribution in [3.05, 3.63) is 105 Å². The number of rotatable bonds is 7. The first kappa shape index (κ1) is 22.7. The van der Waals surface area contributed by atoms with Crippen LogP contribution in [0.4, 0.5) is 0 Å². The summed E-state index contributed by atoms with van der Waals surface area (Å²) < 4.78 is 3.36. The molecule has 3 aromatic heterocycles. The smallest absolute Gasteiger partial charge is 0.268 e. The molecule has 0 atom stereocenters. The average molecular weight is 484 g/mol. The van der Waals surface area contributed by atoms with Crippen LogP contribution in [0.15, 0.2) is 76.9 Å². The van der Waals surface area contributed by atoms with E-state index in [1.807, 2.05) is 90.6 Å². The second-order valence-corrected chi connectivity index (χ2v) is 9.24. The first-order valence-corrected chi connectivity index (χ1v) is 12.3. The van der Waals surface area contributed by atoms with Crippen LogP contribution in [0.2, 0.25) is 0 Å². The third-order valence-corrected chi connectivity index (χ3v) is 6.76. The molecule has 1 N–H and O–H groups in total. The van der Waals surface area contributed by atoms with Crippen LogP contribution in [0.5, 0.6) is 0 Å². The minimum Gasteiger partial charge on any atom is -0.355 e. The van der Waals surface area contributed by atoms with Gasteiger partial charge in [0.1, 0.15) is 5.69 Å². The summed E-state index contributed by atoms with van der Waals surface area (Å²) in [6.07, 6.45) is 0.863. The third kappa shape index (κ3) is 4.65. The molecule has 5 rings (SSSR count). The van der Waals surface area contributed by atoms with Crippen LogP contribution in [0.1, 0.15) is 22.6 Å². The number of nitrogens with one attached hydrogen (secondary N) is 1. The highest BCUT2D eigenvalue weighted by atomic mass is 32.1. The van der Waals surface area contributed by atoms with Crippen LogP contribution in [-0.2, 0) is 17.6 Å². The van der Waals surface area contributed by atoms with Gasteiger partial charge in [0.2, 0.25) is 5.91 Å². The van der Waals surface area contributed by atoms with Gasteiger partial charge in [0.05, 0.1) is 23.4 Å². The van der Waals surface area contributed by atoms with Gasteiger partial charge in [-0.3, -0.25) is 14.0 Å². The maximum Gasteiger partial charge on any atom is 0.268 e. The normalized spacial score (nSPS) is 11.1. The van der Waals surface area contributed by atoms with Crippen molar-refractivity contribution in [2.75, 3.05) is 6.54 Å².